The smallest absolute Gasteiger partial charge is 0.227 e. The van der Waals surface area contributed by atoms with E-state index < -0.39 is 0 Å². The first-order valence-electron chi connectivity index (χ1n) is 15.7. The number of hydrogen-bond acceptors (Lipinski definition) is 2. The normalized spacial score (nSPS) is 17.5. The standard InChI is InChI=1S/C40H47NO2/c1-6-9-33(34-22-24-40(4,5)25-23-34)10-8-11-36(27-31-12-14-32(28-42)15-13-31)39(43)41-37-19-17-35(18-20-37)38-21-16-30(7-2)26-29(38)3/h6,8-10,12-17,19,21-22,26,28,36H,1,7,11,18,20,23-25,27H2,2-5H3,(H,41,43)/b10-8-,33-9+. The molecule has 0 radical (unpaired) electrons. The molecule has 2 aromatic carbocycles. The summed E-state index contributed by atoms with van der Waals surface area (Å²) in [5.74, 6) is -0.207. The Balaban J connectivity index is 1.50. The van der Waals surface area contributed by atoms with Crippen LogP contribution in [0.3, 0.4) is 0 Å². The summed E-state index contributed by atoms with van der Waals surface area (Å²) >= 11 is 0. The van der Waals surface area contributed by atoms with Crippen LogP contribution in [0.4, 0.5) is 0 Å². The minimum atomic E-state index is -0.238. The quantitative estimate of drug-likeness (QED) is 0.203. The second-order valence-electron chi connectivity index (χ2n) is 12.7. The van der Waals surface area contributed by atoms with Crippen molar-refractivity contribution in [3.05, 3.63) is 136 Å². The van der Waals surface area contributed by atoms with E-state index in [0.717, 1.165) is 56.1 Å². The molecule has 2 aromatic rings. The van der Waals surface area contributed by atoms with Crippen molar-refractivity contribution in [2.45, 2.75) is 79.1 Å². The third-order valence-corrected chi connectivity index (χ3v) is 8.81. The Morgan fingerprint density at radius 2 is 1.81 bits per heavy atom. The van der Waals surface area contributed by atoms with Gasteiger partial charge in [-0.3, -0.25) is 9.59 Å². The van der Waals surface area contributed by atoms with Gasteiger partial charge in [0.2, 0.25) is 5.91 Å². The lowest BCUT2D eigenvalue weighted by molar-refractivity contribution is -0.124. The van der Waals surface area contributed by atoms with Crippen molar-refractivity contribution in [3.8, 4) is 0 Å². The van der Waals surface area contributed by atoms with Crippen molar-refractivity contribution in [3.63, 3.8) is 0 Å². The van der Waals surface area contributed by atoms with Crippen molar-refractivity contribution in [1.82, 2.24) is 5.32 Å². The summed E-state index contributed by atoms with van der Waals surface area (Å²) in [5, 5.41) is 3.25. The molecule has 1 N–H and O–H groups in total. The van der Waals surface area contributed by atoms with Gasteiger partial charge in [-0.15, -0.1) is 0 Å². The maximum atomic E-state index is 13.7. The highest BCUT2D eigenvalue weighted by atomic mass is 16.1. The first-order chi connectivity index (χ1) is 20.7. The Labute approximate surface area is 258 Å². The lowest BCUT2D eigenvalue weighted by atomic mass is 9.77. The number of rotatable bonds is 12. The Bertz CT molecular complexity index is 1480. The summed E-state index contributed by atoms with van der Waals surface area (Å²) in [6.45, 7) is 12.9. The van der Waals surface area contributed by atoms with Gasteiger partial charge >= 0.3 is 0 Å². The highest BCUT2D eigenvalue weighted by molar-refractivity contribution is 5.82. The molecule has 1 atom stereocenters. The van der Waals surface area contributed by atoms with Crippen LogP contribution < -0.4 is 5.32 Å². The van der Waals surface area contributed by atoms with E-state index in [1.165, 1.54) is 33.4 Å². The van der Waals surface area contributed by atoms with Crippen LogP contribution >= 0.6 is 0 Å². The van der Waals surface area contributed by atoms with Gasteiger partial charge in [-0.2, -0.15) is 0 Å². The molecular formula is C40H47NO2. The van der Waals surface area contributed by atoms with Crippen LogP contribution in [0.15, 0.2) is 108 Å². The molecule has 2 aliphatic rings. The van der Waals surface area contributed by atoms with Gasteiger partial charge in [-0.25, -0.2) is 0 Å². The zero-order valence-electron chi connectivity index (χ0n) is 26.4. The molecular weight excluding hydrogens is 526 g/mol. The minimum absolute atomic E-state index is 0.0311. The summed E-state index contributed by atoms with van der Waals surface area (Å²) in [6, 6.07) is 14.3. The number of aryl methyl sites for hydroxylation is 2. The fraction of sp³-hybridized carbons (Fsp3) is 0.350. The second-order valence-corrected chi connectivity index (χ2v) is 12.7. The molecule has 1 amide bonds. The first kappa shape index (κ1) is 31.9. The van der Waals surface area contributed by atoms with E-state index in [9.17, 15) is 9.59 Å². The molecule has 0 saturated heterocycles. The lowest BCUT2D eigenvalue weighted by Crippen LogP contribution is -2.31. The fourth-order valence-corrected chi connectivity index (χ4v) is 5.93. The molecule has 0 fully saturated rings. The lowest BCUT2D eigenvalue weighted by Gasteiger charge is -2.29. The van der Waals surface area contributed by atoms with Crippen LogP contribution in [0.1, 0.15) is 91.9 Å². The third-order valence-electron chi connectivity index (χ3n) is 8.81. The number of nitrogens with one attached hydrogen (secondary N) is 1. The molecule has 224 valence electrons. The Hall–Kier alpha value is -3.98. The molecule has 3 nitrogen and oxygen atoms in total. The Kier molecular flexibility index (Phi) is 11.1. The van der Waals surface area contributed by atoms with Crippen LogP contribution in [0.5, 0.6) is 0 Å². The summed E-state index contributed by atoms with van der Waals surface area (Å²) in [6.07, 6.45) is 22.9. The van der Waals surface area contributed by atoms with Crippen molar-refractivity contribution < 1.29 is 9.59 Å². The van der Waals surface area contributed by atoms with E-state index in [2.05, 4.69) is 94.2 Å². The molecule has 0 saturated carbocycles. The van der Waals surface area contributed by atoms with Crippen LogP contribution in [-0.2, 0) is 17.6 Å². The molecule has 4 rings (SSSR count). The van der Waals surface area contributed by atoms with E-state index >= 15 is 0 Å². The van der Waals surface area contributed by atoms with Crippen LogP contribution in [-0.4, -0.2) is 12.2 Å². The average Bonchev–Trinajstić information content (AvgIpc) is 3.01. The van der Waals surface area contributed by atoms with Gasteiger partial charge in [0, 0.05) is 17.2 Å². The van der Waals surface area contributed by atoms with E-state index in [1.807, 2.05) is 30.3 Å². The predicted octanol–water partition coefficient (Wildman–Crippen LogP) is 9.60. The molecule has 1 unspecified atom stereocenters. The first-order valence-corrected chi connectivity index (χ1v) is 15.7. The number of aldehydes is 1. The van der Waals surface area contributed by atoms with Crippen molar-refractivity contribution in [2.24, 2.45) is 11.3 Å². The largest absolute Gasteiger partial charge is 0.330 e. The Morgan fingerprint density at radius 1 is 1.05 bits per heavy atom. The predicted molar refractivity (Wildman–Crippen MR) is 181 cm³/mol. The molecule has 0 heterocycles. The fourth-order valence-electron chi connectivity index (χ4n) is 5.93. The molecule has 3 heteroatoms. The molecule has 2 aliphatic carbocycles. The highest BCUT2D eigenvalue weighted by Crippen LogP contribution is 2.37. The molecule has 0 aromatic heterocycles. The van der Waals surface area contributed by atoms with Crippen molar-refractivity contribution in [1.29, 1.82) is 0 Å². The summed E-state index contributed by atoms with van der Waals surface area (Å²) in [5.41, 5.74) is 10.8. The number of carbonyl (C=O) groups is 2. The van der Waals surface area contributed by atoms with Crippen LogP contribution in [0.2, 0.25) is 0 Å². The molecule has 0 aliphatic heterocycles. The van der Waals surface area contributed by atoms with Crippen molar-refractivity contribution >= 4 is 17.8 Å². The van der Waals surface area contributed by atoms with Crippen molar-refractivity contribution in [2.75, 3.05) is 0 Å². The number of carbonyl (C=O) groups excluding carboxylic acids is 2. The van der Waals surface area contributed by atoms with E-state index in [0.29, 0.717) is 23.8 Å². The summed E-state index contributed by atoms with van der Waals surface area (Å²) < 4.78 is 0. The number of allylic oxidation sites excluding steroid dienone is 11. The van der Waals surface area contributed by atoms with Crippen LogP contribution in [0, 0.1) is 18.3 Å². The monoisotopic (exact) mass is 573 g/mol. The maximum absolute atomic E-state index is 13.7. The number of benzene rings is 2. The van der Waals surface area contributed by atoms with E-state index in [-0.39, 0.29) is 11.8 Å². The van der Waals surface area contributed by atoms with E-state index in [1.54, 1.807) is 0 Å². The SMILES string of the molecule is C=C/C=C(\C=C/CC(Cc1ccc(C=O)cc1)C(=O)NC1=CC=C(c2ccc(CC)cc2C)CC1)C1=CCC(C)(C)CC1. The molecule has 43 heavy (non-hydrogen) atoms. The van der Waals surface area contributed by atoms with Gasteiger partial charge in [0.25, 0.3) is 0 Å². The Morgan fingerprint density at radius 3 is 2.42 bits per heavy atom. The maximum Gasteiger partial charge on any atom is 0.227 e. The topological polar surface area (TPSA) is 46.2 Å². The van der Waals surface area contributed by atoms with Gasteiger partial charge in [0.15, 0.2) is 0 Å². The van der Waals surface area contributed by atoms with E-state index in [4.69, 9.17) is 0 Å². The third kappa shape index (κ3) is 9.00. The molecule has 0 spiro atoms. The summed E-state index contributed by atoms with van der Waals surface area (Å²) in [7, 11) is 0. The highest BCUT2D eigenvalue weighted by Gasteiger charge is 2.23. The second kappa shape index (κ2) is 15.0. The number of amides is 1. The van der Waals surface area contributed by atoms with Crippen LogP contribution in [0.25, 0.3) is 5.57 Å². The molecule has 0 bridgehead atoms. The zero-order chi connectivity index (χ0) is 30.8. The minimum Gasteiger partial charge on any atom is -0.330 e. The van der Waals surface area contributed by atoms with Gasteiger partial charge in [0.1, 0.15) is 6.29 Å². The summed E-state index contributed by atoms with van der Waals surface area (Å²) in [4.78, 5) is 24.8. The van der Waals surface area contributed by atoms with Gasteiger partial charge < -0.3 is 5.32 Å². The van der Waals surface area contributed by atoms with Gasteiger partial charge in [-0.05, 0) is 109 Å². The van der Waals surface area contributed by atoms with Gasteiger partial charge in [0.05, 0.1) is 0 Å². The average molecular weight is 574 g/mol. The van der Waals surface area contributed by atoms with Gasteiger partial charge in [-0.1, -0.05) is 106 Å². The number of hydrogen-bond donors (Lipinski definition) is 1. The zero-order valence-corrected chi connectivity index (χ0v) is 26.4.